The second-order valence-electron chi connectivity index (χ2n) is 6.67. The van der Waals surface area contributed by atoms with Crippen molar-refractivity contribution in [1.29, 1.82) is 0 Å². The fraction of sp³-hybridized carbons (Fsp3) is 0.190. The van der Waals surface area contributed by atoms with Gasteiger partial charge in [0.05, 0.1) is 28.7 Å². The van der Waals surface area contributed by atoms with Gasteiger partial charge in [0.1, 0.15) is 0 Å². The first-order chi connectivity index (χ1) is 13.9. The van der Waals surface area contributed by atoms with Crippen LogP contribution in [-0.2, 0) is 14.8 Å². The molecule has 0 saturated carbocycles. The lowest BCUT2D eigenvalue weighted by Gasteiger charge is -2.26. The van der Waals surface area contributed by atoms with Crippen LogP contribution in [0.25, 0.3) is 10.8 Å². The average Bonchev–Trinajstić information content (AvgIpc) is 2.74. The Morgan fingerprint density at radius 2 is 1.69 bits per heavy atom. The van der Waals surface area contributed by atoms with E-state index < -0.39 is 15.9 Å². The van der Waals surface area contributed by atoms with Crippen LogP contribution in [0.15, 0.2) is 65.6 Å². The fourth-order valence-electron chi connectivity index (χ4n) is 3.24. The summed E-state index contributed by atoms with van der Waals surface area (Å²) in [5, 5.41) is 5.03. The zero-order valence-corrected chi connectivity index (χ0v) is 17.0. The Balaban J connectivity index is 1.61. The Bertz CT molecular complexity index is 1170. The molecule has 0 aliphatic carbocycles. The number of fused-ring (bicyclic) bond motifs is 1. The lowest BCUT2D eigenvalue weighted by Crippen LogP contribution is -2.40. The maximum atomic E-state index is 12.9. The summed E-state index contributed by atoms with van der Waals surface area (Å²) in [7, 11) is -3.72. The van der Waals surface area contributed by atoms with E-state index in [-0.39, 0.29) is 28.6 Å². The minimum atomic E-state index is -3.72. The van der Waals surface area contributed by atoms with Crippen LogP contribution in [0, 0.1) is 0 Å². The highest BCUT2D eigenvalue weighted by Gasteiger charge is 2.27. The van der Waals surface area contributed by atoms with Crippen molar-refractivity contribution in [3.05, 3.63) is 71.2 Å². The third-order valence-electron chi connectivity index (χ3n) is 4.80. The van der Waals surface area contributed by atoms with Gasteiger partial charge in [0, 0.05) is 18.8 Å². The Morgan fingerprint density at radius 1 is 0.966 bits per heavy atom. The topological polar surface area (TPSA) is 75.7 Å². The first-order valence-corrected chi connectivity index (χ1v) is 10.9. The van der Waals surface area contributed by atoms with Gasteiger partial charge in [-0.25, -0.2) is 8.42 Å². The van der Waals surface area contributed by atoms with Crippen LogP contribution in [0.5, 0.6) is 0 Å². The molecule has 150 valence electrons. The molecule has 29 heavy (non-hydrogen) atoms. The maximum Gasteiger partial charge on any atom is 0.257 e. The maximum absolute atomic E-state index is 12.9. The quantitative estimate of drug-likeness (QED) is 0.683. The van der Waals surface area contributed by atoms with Gasteiger partial charge in [-0.3, -0.25) is 4.79 Å². The second-order valence-corrected chi connectivity index (χ2v) is 9.02. The number of carbonyl (C=O) groups is 1. The number of morpholine rings is 1. The molecule has 1 amide bonds. The van der Waals surface area contributed by atoms with E-state index in [4.69, 9.17) is 16.3 Å². The predicted molar refractivity (Wildman–Crippen MR) is 113 cm³/mol. The van der Waals surface area contributed by atoms with Gasteiger partial charge in [-0.1, -0.05) is 41.9 Å². The third-order valence-corrected chi connectivity index (χ3v) is 7.02. The standard InChI is InChI=1S/C21H19ClN2O4S/c22-20-8-7-18(29(26,27)24-9-11-28-12-10-24)14-19(20)21(25)23-17-6-5-15-3-1-2-4-16(15)13-17/h1-8,13-14H,9-12H2,(H,23,25). The molecule has 1 aliphatic heterocycles. The highest BCUT2D eigenvalue weighted by molar-refractivity contribution is 7.89. The van der Waals surface area contributed by atoms with Gasteiger partial charge in [0.15, 0.2) is 0 Å². The van der Waals surface area contributed by atoms with Crippen molar-refractivity contribution < 1.29 is 17.9 Å². The van der Waals surface area contributed by atoms with Crippen LogP contribution >= 0.6 is 11.6 Å². The number of amides is 1. The number of hydrogen-bond donors (Lipinski definition) is 1. The van der Waals surface area contributed by atoms with E-state index >= 15 is 0 Å². The van der Waals surface area contributed by atoms with Crippen LogP contribution in [-0.4, -0.2) is 44.9 Å². The van der Waals surface area contributed by atoms with E-state index in [1.54, 1.807) is 6.07 Å². The molecule has 8 heteroatoms. The molecule has 1 fully saturated rings. The largest absolute Gasteiger partial charge is 0.379 e. The van der Waals surface area contributed by atoms with Crippen LogP contribution in [0.2, 0.25) is 5.02 Å². The molecule has 4 rings (SSSR count). The minimum absolute atomic E-state index is 0.0347. The lowest BCUT2D eigenvalue weighted by atomic mass is 10.1. The Kier molecular flexibility index (Phi) is 5.56. The summed E-state index contributed by atoms with van der Waals surface area (Å²) in [6.07, 6.45) is 0. The van der Waals surface area contributed by atoms with E-state index in [9.17, 15) is 13.2 Å². The van der Waals surface area contributed by atoms with Crippen molar-refractivity contribution in [3.8, 4) is 0 Å². The summed E-state index contributed by atoms with van der Waals surface area (Å²) in [6, 6.07) is 17.5. The molecular formula is C21H19ClN2O4S. The van der Waals surface area contributed by atoms with Crippen molar-refractivity contribution in [3.63, 3.8) is 0 Å². The molecule has 3 aromatic carbocycles. The van der Waals surface area contributed by atoms with Crippen LogP contribution < -0.4 is 5.32 Å². The van der Waals surface area contributed by atoms with Gasteiger partial charge in [0.25, 0.3) is 5.91 Å². The van der Waals surface area contributed by atoms with Gasteiger partial charge >= 0.3 is 0 Å². The molecule has 1 saturated heterocycles. The van der Waals surface area contributed by atoms with E-state index in [1.165, 1.54) is 22.5 Å². The summed E-state index contributed by atoms with van der Waals surface area (Å²) >= 11 is 6.20. The monoisotopic (exact) mass is 430 g/mol. The highest BCUT2D eigenvalue weighted by Crippen LogP contribution is 2.25. The number of halogens is 1. The Morgan fingerprint density at radius 3 is 2.45 bits per heavy atom. The summed E-state index contributed by atoms with van der Waals surface area (Å²) in [5.74, 6) is -0.468. The average molecular weight is 431 g/mol. The van der Waals surface area contributed by atoms with E-state index in [0.29, 0.717) is 18.9 Å². The summed E-state index contributed by atoms with van der Waals surface area (Å²) in [6.45, 7) is 1.26. The van der Waals surface area contributed by atoms with E-state index in [2.05, 4.69) is 5.32 Å². The number of carbonyl (C=O) groups excluding carboxylic acids is 1. The number of rotatable bonds is 4. The van der Waals surface area contributed by atoms with Gasteiger partial charge in [-0.15, -0.1) is 0 Å². The minimum Gasteiger partial charge on any atom is -0.379 e. The molecule has 1 N–H and O–H groups in total. The first kappa shape index (κ1) is 19.8. The lowest BCUT2D eigenvalue weighted by molar-refractivity contribution is 0.0730. The number of nitrogens with one attached hydrogen (secondary N) is 1. The zero-order chi connectivity index (χ0) is 20.4. The van der Waals surface area contributed by atoms with Crippen LogP contribution in [0.3, 0.4) is 0 Å². The highest BCUT2D eigenvalue weighted by atomic mass is 35.5. The number of hydrogen-bond acceptors (Lipinski definition) is 4. The number of sulfonamides is 1. The van der Waals surface area contributed by atoms with Gasteiger partial charge in [-0.2, -0.15) is 4.31 Å². The van der Waals surface area contributed by atoms with Crippen LogP contribution in [0.1, 0.15) is 10.4 Å². The van der Waals surface area contributed by atoms with Crippen molar-refractivity contribution in [2.45, 2.75) is 4.90 Å². The van der Waals surface area contributed by atoms with E-state index in [1.807, 2.05) is 36.4 Å². The Labute approximate surface area is 174 Å². The number of anilines is 1. The normalized spacial score (nSPS) is 15.3. The molecule has 0 unspecified atom stereocenters. The first-order valence-electron chi connectivity index (χ1n) is 9.13. The van der Waals surface area contributed by atoms with Gasteiger partial charge in [0.2, 0.25) is 10.0 Å². The molecule has 1 heterocycles. The molecule has 6 nitrogen and oxygen atoms in total. The van der Waals surface area contributed by atoms with Crippen molar-refractivity contribution in [2.24, 2.45) is 0 Å². The van der Waals surface area contributed by atoms with Gasteiger partial charge < -0.3 is 10.1 Å². The molecule has 0 aromatic heterocycles. The van der Waals surface area contributed by atoms with Crippen molar-refractivity contribution in [1.82, 2.24) is 4.31 Å². The number of nitrogens with zero attached hydrogens (tertiary/aromatic N) is 1. The second kappa shape index (κ2) is 8.12. The van der Waals surface area contributed by atoms with E-state index in [0.717, 1.165) is 10.8 Å². The molecule has 1 aliphatic rings. The number of benzene rings is 3. The molecule has 0 atom stereocenters. The molecule has 0 radical (unpaired) electrons. The smallest absolute Gasteiger partial charge is 0.257 e. The summed E-state index contributed by atoms with van der Waals surface area (Å²) < 4.78 is 32.3. The van der Waals surface area contributed by atoms with Crippen molar-refractivity contribution in [2.75, 3.05) is 31.6 Å². The summed E-state index contributed by atoms with van der Waals surface area (Å²) in [4.78, 5) is 12.8. The molecule has 0 spiro atoms. The SMILES string of the molecule is O=C(Nc1ccc2ccccc2c1)c1cc(S(=O)(=O)N2CCOCC2)ccc1Cl. The summed E-state index contributed by atoms with van der Waals surface area (Å²) in [5.41, 5.74) is 0.709. The van der Waals surface area contributed by atoms with Gasteiger partial charge in [-0.05, 0) is 41.1 Å². The predicted octanol–water partition coefficient (Wildman–Crippen LogP) is 3.77. The Hall–Kier alpha value is -2.45. The van der Waals surface area contributed by atoms with Crippen LogP contribution in [0.4, 0.5) is 5.69 Å². The zero-order valence-electron chi connectivity index (χ0n) is 15.5. The molecule has 0 bridgehead atoms. The third kappa shape index (κ3) is 4.13. The molecular weight excluding hydrogens is 412 g/mol. The fourth-order valence-corrected chi connectivity index (χ4v) is 4.88. The van der Waals surface area contributed by atoms with Crippen molar-refractivity contribution >= 4 is 44.0 Å². The number of ether oxygens (including phenoxy) is 1. The molecule has 3 aromatic rings.